The number of methoxy groups -OCH3 is 1. The van der Waals surface area contributed by atoms with Gasteiger partial charge in [-0.1, -0.05) is 44.2 Å². The molecule has 8 heteroatoms. The summed E-state index contributed by atoms with van der Waals surface area (Å²) in [5, 5.41) is 10.9. The number of ketones is 1. The minimum atomic E-state index is -4.82. The van der Waals surface area contributed by atoms with Gasteiger partial charge in [-0.05, 0) is 17.4 Å². The number of aliphatic hydroxyl groups excluding tert-OH is 1. The van der Waals surface area contributed by atoms with Crippen LogP contribution in [0, 0.1) is 11.3 Å². The van der Waals surface area contributed by atoms with Gasteiger partial charge < -0.3 is 9.84 Å². The first-order chi connectivity index (χ1) is 15.5. The number of piperidine rings is 1. The second-order valence-corrected chi connectivity index (χ2v) is 9.62. The minimum Gasteiger partial charge on any atom is -0.512 e. The molecule has 1 aromatic rings. The van der Waals surface area contributed by atoms with Crippen LogP contribution in [-0.4, -0.2) is 53.5 Å². The fourth-order valence-electron chi connectivity index (χ4n) is 5.06. The molecule has 0 unspecified atom stereocenters. The van der Waals surface area contributed by atoms with Crippen molar-refractivity contribution in [1.82, 2.24) is 0 Å². The van der Waals surface area contributed by atoms with E-state index in [1.165, 1.54) is 4.58 Å². The maximum absolute atomic E-state index is 14.6. The highest BCUT2D eigenvalue weighted by molar-refractivity contribution is 6.07. The predicted molar refractivity (Wildman–Crippen MR) is 117 cm³/mol. The van der Waals surface area contributed by atoms with Gasteiger partial charge >= 0.3 is 12.1 Å². The number of carbonyl (C=O) groups excluding carboxylic acids is 2. The number of carbonyl (C=O) groups is 2. The van der Waals surface area contributed by atoms with Crippen LogP contribution in [0.25, 0.3) is 0 Å². The second kappa shape index (κ2) is 9.69. The van der Waals surface area contributed by atoms with Crippen LogP contribution in [0.2, 0.25) is 0 Å². The van der Waals surface area contributed by atoms with Gasteiger partial charge in [-0.2, -0.15) is 13.2 Å². The van der Waals surface area contributed by atoms with E-state index in [1.54, 1.807) is 30.3 Å². The van der Waals surface area contributed by atoms with Crippen LogP contribution in [0.3, 0.4) is 0 Å². The molecule has 3 rings (SSSR count). The molecule has 0 radical (unpaired) electrons. The number of hydrogen-bond acceptors (Lipinski definition) is 4. The number of rotatable bonds is 5. The van der Waals surface area contributed by atoms with Gasteiger partial charge in [0.25, 0.3) is 5.71 Å². The molecule has 0 aromatic heterocycles. The highest BCUT2D eigenvalue weighted by Crippen LogP contribution is 2.45. The molecule has 1 aliphatic heterocycles. The molecular weight excluding hydrogens is 435 g/mol. The second-order valence-electron chi connectivity index (χ2n) is 9.62. The van der Waals surface area contributed by atoms with Crippen molar-refractivity contribution in [2.45, 2.75) is 58.0 Å². The zero-order valence-electron chi connectivity index (χ0n) is 19.2. The van der Waals surface area contributed by atoms with E-state index in [2.05, 4.69) is 0 Å². The Morgan fingerprint density at radius 1 is 1.09 bits per heavy atom. The summed E-state index contributed by atoms with van der Waals surface area (Å²) in [6.07, 6.45) is -2.66. The molecule has 0 amide bonds. The lowest BCUT2D eigenvalue weighted by Crippen LogP contribution is -2.48. The molecule has 1 saturated heterocycles. The molecule has 180 valence electrons. The van der Waals surface area contributed by atoms with E-state index in [4.69, 9.17) is 4.74 Å². The number of halogens is 3. The van der Waals surface area contributed by atoms with Crippen LogP contribution in [0.5, 0.6) is 0 Å². The molecule has 1 heterocycles. The molecule has 0 spiro atoms. The Bertz CT molecular complexity index is 956. The third kappa shape index (κ3) is 5.47. The van der Waals surface area contributed by atoms with Crippen LogP contribution in [0.1, 0.15) is 57.4 Å². The van der Waals surface area contributed by atoms with E-state index in [0.29, 0.717) is 18.4 Å². The Labute approximate surface area is 191 Å². The molecule has 1 aromatic carbocycles. The largest absolute Gasteiger partial charge is 0.512 e. The summed E-state index contributed by atoms with van der Waals surface area (Å²) >= 11 is 0. The number of Topliss-reactive ketones (excluding diaryl/α,β-unsaturated/α-hetero) is 1. The highest BCUT2D eigenvalue weighted by atomic mass is 19.4. The van der Waals surface area contributed by atoms with Crippen molar-refractivity contribution in [2.75, 3.05) is 20.2 Å². The Balaban J connectivity index is 2.31. The van der Waals surface area contributed by atoms with Gasteiger partial charge in [-0.25, -0.2) is 4.58 Å². The van der Waals surface area contributed by atoms with Gasteiger partial charge in [-0.3, -0.25) is 9.59 Å². The SMILES string of the molecule is COC(=O)[C@H](C(=[N+]1CCCCC1)C(F)(F)F)[C@@H](C1=C(O)CC(C)(C)CC1=O)c1ccccc1. The van der Waals surface area contributed by atoms with Crippen LogP contribution in [-0.2, 0) is 14.3 Å². The van der Waals surface area contributed by atoms with Crippen molar-refractivity contribution in [2.24, 2.45) is 11.3 Å². The number of alkyl halides is 3. The Kier molecular flexibility index (Phi) is 7.34. The molecule has 1 fully saturated rings. The van der Waals surface area contributed by atoms with E-state index >= 15 is 0 Å². The van der Waals surface area contributed by atoms with Gasteiger partial charge in [-0.15, -0.1) is 0 Å². The van der Waals surface area contributed by atoms with Crippen molar-refractivity contribution < 1.29 is 37.2 Å². The van der Waals surface area contributed by atoms with Crippen molar-refractivity contribution >= 4 is 17.5 Å². The lowest BCUT2D eigenvalue weighted by atomic mass is 9.68. The smallest absolute Gasteiger partial charge is 0.473 e. The number of esters is 1. The zero-order valence-corrected chi connectivity index (χ0v) is 19.2. The van der Waals surface area contributed by atoms with E-state index in [0.717, 1.165) is 13.5 Å². The van der Waals surface area contributed by atoms with Crippen LogP contribution in [0.15, 0.2) is 41.7 Å². The van der Waals surface area contributed by atoms with Crippen molar-refractivity contribution in [1.29, 1.82) is 0 Å². The first kappa shape index (κ1) is 25.0. The first-order valence-corrected chi connectivity index (χ1v) is 11.2. The highest BCUT2D eigenvalue weighted by Gasteiger charge is 2.56. The third-order valence-electron chi connectivity index (χ3n) is 6.44. The molecule has 1 N–H and O–H groups in total. The Morgan fingerprint density at radius 3 is 2.21 bits per heavy atom. The average molecular weight is 467 g/mol. The molecular formula is C25H31F3NO4+. The molecule has 2 aliphatic rings. The van der Waals surface area contributed by atoms with Crippen LogP contribution >= 0.6 is 0 Å². The molecule has 2 atom stereocenters. The third-order valence-corrected chi connectivity index (χ3v) is 6.44. The van der Waals surface area contributed by atoms with E-state index in [9.17, 15) is 27.9 Å². The van der Waals surface area contributed by atoms with Gasteiger partial charge in [0.05, 0.1) is 7.11 Å². The predicted octanol–water partition coefficient (Wildman–Crippen LogP) is 4.96. The Hall–Kier alpha value is -2.64. The molecule has 0 bridgehead atoms. The summed E-state index contributed by atoms with van der Waals surface area (Å²) in [6.45, 7) is 3.95. The lowest BCUT2D eigenvalue weighted by molar-refractivity contribution is -0.546. The van der Waals surface area contributed by atoms with Gasteiger partial charge in [0.2, 0.25) is 0 Å². The summed E-state index contributed by atoms with van der Waals surface area (Å²) in [6, 6.07) is 8.14. The van der Waals surface area contributed by atoms with E-state index in [-0.39, 0.29) is 37.3 Å². The minimum absolute atomic E-state index is 0.0642. The normalized spacial score (nSPS) is 20.9. The number of aliphatic hydroxyl groups is 1. The summed E-state index contributed by atoms with van der Waals surface area (Å²) in [7, 11) is 1.04. The zero-order chi connectivity index (χ0) is 24.4. The fourth-order valence-corrected chi connectivity index (χ4v) is 5.06. The topological polar surface area (TPSA) is 66.6 Å². The molecule has 5 nitrogen and oxygen atoms in total. The van der Waals surface area contributed by atoms with Crippen molar-refractivity contribution in [3.8, 4) is 0 Å². The van der Waals surface area contributed by atoms with Crippen molar-refractivity contribution in [3.63, 3.8) is 0 Å². The lowest BCUT2D eigenvalue weighted by Gasteiger charge is -2.35. The first-order valence-electron chi connectivity index (χ1n) is 11.2. The number of nitrogens with zero attached hydrogens (tertiary/aromatic N) is 1. The van der Waals surface area contributed by atoms with Crippen LogP contribution in [0.4, 0.5) is 13.2 Å². The van der Waals surface area contributed by atoms with Gasteiger partial charge in [0, 0.05) is 37.2 Å². The maximum atomic E-state index is 14.6. The van der Waals surface area contributed by atoms with Crippen molar-refractivity contribution in [3.05, 3.63) is 47.2 Å². The summed E-state index contributed by atoms with van der Waals surface area (Å²) in [5.41, 5.74) is -1.33. The number of allylic oxidation sites excluding steroid dienone is 2. The average Bonchev–Trinajstić information content (AvgIpc) is 2.74. The molecule has 33 heavy (non-hydrogen) atoms. The number of hydrogen-bond donors (Lipinski definition) is 1. The monoisotopic (exact) mass is 466 g/mol. The van der Waals surface area contributed by atoms with Gasteiger partial charge in [0.1, 0.15) is 18.8 Å². The quantitative estimate of drug-likeness (QED) is 0.492. The van der Waals surface area contributed by atoms with Crippen LogP contribution < -0.4 is 0 Å². The summed E-state index contributed by atoms with van der Waals surface area (Å²) in [5.74, 6) is -4.94. The summed E-state index contributed by atoms with van der Waals surface area (Å²) < 4.78 is 49.8. The standard InChI is InChI=1S/C25H30F3NO4/c1-24(2)14-17(30)20(18(31)15-24)19(16-10-6-4-7-11-16)21(23(32)33-3)22(25(26,27)28)29-12-8-5-9-13-29/h4,6-7,10-11,19,21H,5,8-9,12-15H2,1-3H3/p+1/t19-,21+/m1/s1. The van der Waals surface area contributed by atoms with E-state index in [1.807, 2.05) is 13.8 Å². The Morgan fingerprint density at radius 2 is 1.70 bits per heavy atom. The summed E-state index contributed by atoms with van der Waals surface area (Å²) in [4.78, 5) is 26.3. The maximum Gasteiger partial charge on any atom is 0.473 e. The molecule has 1 aliphatic carbocycles. The molecule has 0 saturated carbocycles. The fraction of sp³-hybridized carbons (Fsp3) is 0.560. The number of benzene rings is 1. The van der Waals surface area contributed by atoms with E-state index < -0.39 is 40.9 Å². The number of ether oxygens (including phenoxy) is 1. The van der Waals surface area contributed by atoms with Gasteiger partial charge in [0.15, 0.2) is 11.7 Å².